The predicted molar refractivity (Wildman–Crippen MR) is 125 cm³/mol. The molecule has 0 fully saturated rings. The van der Waals surface area contributed by atoms with Gasteiger partial charge in [-0.3, -0.25) is 9.52 Å². The van der Waals surface area contributed by atoms with Gasteiger partial charge in [-0.1, -0.05) is 18.2 Å². The van der Waals surface area contributed by atoms with Crippen molar-refractivity contribution in [3.63, 3.8) is 0 Å². The van der Waals surface area contributed by atoms with Crippen LogP contribution in [0.25, 0.3) is 0 Å². The van der Waals surface area contributed by atoms with Gasteiger partial charge in [0.1, 0.15) is 16.4 Å². The highest BCUT2D eigenvalue weighted by Gasteiger charge is 2.22. The number of hydrogen-bond acceptors (Lipinski definition) is 6. The number of methoxy groups -OCH3 is 2. The van der Waals surface area contributed by atoms with Crippen molar-refractivity contribution in [1.82, 2.24) is 0 Å². The predicted octanol–water partition coefficient (Wildman–Crippen LogP) is 4.25. The van der Waals surface area contributed by atoms with Crippen LogP contribution in [0.1, 0.15) is 27.0 Å². The zero-order valence-electron chi connectivity index (χ0n) is 18.6. The molecule has 1 amide bonds. The summed E-state index contributed by atoms with van der Waals surface area (Å²) in [6, 6.07) is 16.1. The third-order valence-corrected chi connectivity index (χ3v) is 6.33. The number of nitrogens with zero attached hydrogens (tertiary/aromatic N) is 1. The van der Waals surface area contributed by atoms with Gasteiger partial charge < -0.3 is 14.8 Å². The smallest absolute Gasteiger partial charge is 0.265 e. The number of nitrogens with one attached hydrogen (secondary N) is 2. The SMILES string of the molecule is COc1cc(C#N)cc(C(=O)Nc2ccc(OC)c(S(=O)(=O)Nc3c(C)cccc3C)c2)c1. The quantitative estimate of drug-likeness (QED) is 0.539. The van der Waals surface area contributed by atoms with Crippen molar-refractivity contribution < 1.29 is 22.7 Å². The van der Waals surface area contributed by atoms with Crippen molar-refractivity contribution in [2.45, 2.75) is 18.7 Å². The summed E-state index contributed by atoms with van der Waals surface area (Å²) in [4.78, 5) is 12.6. The van der Waals surface area contributed by atoms with Crippen molar-refractivity contribution in [2.24, 2.45) is 0 Å². The van der Waals surface area contributed by atoms with Crippen LogP contribution < -0.4 is 19.5 Å². The number of amides is 1. The number of carbonyl (C=O) groups excluding carboxylic acids is 1. The van der Waals surface area contributed by atoms with E-state index in [1.807, 2.05) is 38.1 Å². The molecule has 3 aromatic carbocycles. The van der Waals surface area contributed by atoms with Crippen LogP contribution in [0.15, 0.2) is 59.5 Å². The van der Waals surface area contributed by atoms with Gasteiger partial charge >= 0.3 is 0 Å². The number of carbonyl (C=O) groups is 1. The molecule has 0 spiro atoms. The molecule has 0 unspecified atom stereocenters. The summed E-state index contributed by atoms with van der Waals surface area (Å²) in [5.41, 5.74) is 2.72. The number of anilines is 2. The second kappa shape index (κ2) is 9.63. The lowest BCUT2D eigenvalue weighted by atomic mass is 10.1. The summed E-state index contributed by atoms with van der Waals surface area (Å²) in [6.45, 7) is 3.62. The van der Waals surface area contributed by atoms with E-state index in [0.29, 0.717) is 11.4 Å². The Hall–Kier alpha value is -4.03. The molecule has 3 aromatic rings. The Morgan fingerprint density at radius 1 is 0.970 bits per heavy atom. The van der Waals surface area contributed by atoms with E-state index in [-0.39, 0.29) is 27.5 Å². The largest absolute Gasteiger partial charge is 0.497 e. The summed E-state index contributed by atoms with van der Waals surface area (Å²) in [6.07, 6.45) is 0. The number of sulfonamides is 1. The number of para-hydroxylation sites is 1. The molecule has 0 aliphatic heterocycles. The first kappa shape index (κ1) is 23.6. The maximum atomic E-state index is 13.2. The van der Waals surface area contributed by atoms with E-state index in [0.717, 1.165) is 11.1 Å². The van der Waals surface area contributed by atoms with Crippen molar-refractivity contribution in [1.29, 1.82) is 5.26 Å². The zero-order chi connectivity index (χ0) is 24.2. The summed E-state index contributed by atoms with van der Waals surface area (Å²) in [5.74, 6) is -0.0449. The first-order chi connectivity index (χ1) is 15.7. The van der Waals surface area contributed by atoms with Gasteiger partial charge in [-0.15, -0.1) is 0 Å². The molecule has 3 rings (SSSR count). The lowest BCUT2D eigenvalue weighted by Crippen LogP contribution is -2.17. The molecule has 2 N–H and O–H groups in total. The fraction of sp³-hybridized carbons (Fsp3) is 0.167. The molecule has 0 radical (unpaired) electrons. The molecule has 0 bridgehead atoms. The van der Waals surface area contributed by atoms with Gasteiger partial charge in [0, 0.05) is 11.3 Å². The summed E-state index contributed by atoms with van der Waals surface area (Å²) < 4.78 is 39.4. The Morgan fingerprint density at radius 2 is 1.67 bits per heavy atom. The highest BCUT2D eigenvalue weighted by molar-refractivity contribution is 7.92. The van der Waals surface area contributed by atoms with E-state index < -0.39 is 15.9 Å². The minimum absolute atomic E-state index is 0.125. The molecule has 0 saturated heterocycles. The van der Waals surface area contributed by atoms with Crippen LogP contribution >= 0.6 is 0 Å². The molecule has 0 aliphatic carbocycles. The van der Waals surface area contributed by atoms with E-state index in [2.05, 4.69) is 10.0 Å². The molecule has 8 nitrogen and oxygen atoms in total. The van der Waals surface area contributed by atoms with Gasteiger partial charge in [-0.05, 0) is 61.4 Å². The van der Waals surface area contributed by atoms with E-state index in [1.165, 1.54) is 50.6 Å². The minimum Gasteiger partial charge on any atom is -0.497 e. The lowest BCUT2D eigenvalue weighted by Gasteiger charge is -2.16. The Bertz CT molecular complexity index is 1340. The van der Waals surface area contributed by atoms with Crippen LogP contribution in [0.3, 0.4) is 0 Å². The van der Waals surface area contributed by atoms with Crippen molar-refractivity contribution in [3.8, 4) is 17.6 Å². The highest BCUT2D eigenvalue weighted by atomic mass is 32.2. The average molecular weight is 466 g/mol. The zero-order valence-corrected chi connectivity index (χ0v) is 19.4. The number of aryl methyl sites for hydroxylation is 2. The molecule has 0 atom stereocenters. The standard InChI is InChI=1S/C24H23N3O5S/c1-15-6-5-7-16(2)23(15)27-33(29,30)22-13-19(8-9-21(22)32-4)26-24(28)18-10-17(14-25)11-20(12-18)31-3/h5-13,27H,1-4H3,(H,26,28). The van der Waals surface area contributed by atoms with E-state index in [9.17, 15) is 18.5 Å². The van der Waals surface area contributed by atoms with Crippen LogP contribution in [-0.2, 0) is 10.0 Å². The minimum atomic E-state index is -4.03. The fourth-order valence-electron chi connectivity index (χ4n) is 3.25. The van der Waals surface area contributed by atoms with Gasteiger partial charge in [0.25, 0.3) is 15.9 Å². The number of rotatable bonds is 7. The van der Waals surface area contributed by atoms with E-state index >= 15 is 0 Å². The van der Waals surface area contributed by atoms with Crippen LogP contribution in [0.4, 0.5) is 11.4 Å². The molecule has 170 valence electrons. The normalized spacial score (nSPS) is 10.8. The lowest BCUT2D eigenvalue weighted by molar-refractivity contribution is 0.102. The van der Waals surface area contributed by atoms with Gasteiger partial charge in [0.15, 0.2) is 0 Å². The average Bonchev–Trinajstić information content (AvgIpc) is 2.81. The number of ether oxygens (including phenoxy) is 2. The molecule has 33 heavy (non-hydrogen) atoms. The summed E-state index contributed by atoms with van der Waals surface area (Å²) in [5, 5.41) is 11.8. The van der Waals surface area contributed by atoms with Crippen molar-refractivity contribution in [3.05, 3.63) is 76.9 Å². The maximum Gasteiger partial charge on any atom is 0.265 e. The van der Waals surface area contributed by atoms with Gasteiger partial charge in [0.05, 0.1) is 31.5 Å². The first-order valence-electron chi connectivity index (χ1n) is 9.86. The Morgan fingerprint density at radius 3 is 2.27 bits per heavy atom. The fourth-order valence-corrected chi connectivity index (χ4v) is 4.64. The Balaban J connectivity index is 1.96. The second-order valence-corrected chi connectivity index (χ2v) is 8.90. The number of hydrogen-bond donors (Lipinski definition) is 2. The maximum absolute atomic E-state index is 13.2. The van der Waals surface area contributed by atoms with Crippen molar-refractivity contribution >= 4 is 27.3 Å². The van der Waals surface area contributed by atoms with E-state index in [4.69, 9.17) is 9.47 Å². The Labute approximate surface area is 192 Å². The van der Waals surface area contributed by atoms with Crippen LogP contribution in [-0.4, -0.2) is 28.5 Å². The molecular weight excluding hydrogens is 442 g/mol. The third-order valence-electron chi connectivity index (χ3n) is 4.96. The monoisotopic (exact) mass is 465 g/mol. The van der Waals surface area contributed by atoms with Crippen LogP contribution in [0.2, 0.25) is 0 Å². The Kier molecular flexibility index (Phi) is 6.89. The van der Waals surface area contributed by atoms with Crippen LogP contribution in [0.5, 0.6) is 11.5 Å². The second-order valence-electron chi connectivity index (χ2n) is 7.25. The van der Waals surface area contributed by atoms with Gasteiger partial charge in [-0.25, -0.2) is 8.42 Å². The number of benzene rings is 3. The molecule has 0 aliphatic rings. The van der Waals surface area contributed by atoms with Gasteiger partial charge in [0.2, 0.25) is 0 Å². The number of nitriles is 1. The van der Waals surface area contributed by atoms with E-state index in [1.54, 1.807) is 0 Å². The summed E-state index contributed by atoms with van der Waals surface area (Å²) >= 11 is 0. The molecular formula is C24H23N3O5S. The molecule has 0 saturated carbocycles. The molecule has 9 heteroatoms. The highest BCUT2D eigenvalue weighted by Crippen LogP contribution is 2.31. The molecule has 0 heterocycles. The third kappa shape index (κ3) is 5.25. The topological polar surface area (TPSA) is 118 Å². The van der Waals surface area contributed by atoms with Gasteiger partial charge in [-0.2, -0.15) is 5.26 Å². The van der Waals surface area contributed by atoms with Crippen molar-refractivity contribution in [2.75, 3.05) is 24.3 Å². The molecule has 0 aromatic heterocycles. The van der Waals surface area contributed by atoms with Crippen LogP contribution in [0, 0.1) is 25.2 Å². The first-order valence-corrected chi connectivity index (χ1v) is 11.3. The summed E-state index contributed by atoms with van der Waals surface area (Å²) in [7, 11) is -1.24.